The van der Waals surface area contributed by atoms with Crippen molar-refractivity contribution in [3.8, 4) is 0 Å². The lowest BCUT2D eigenvalue weighted by Crippen LogP contribution is -2.42. The fraction of sp³-hybridized carbons (Fsp3) is 0.714. The Labute approximate surface area is 116 Å². The van der Waals surface area contributed by atoms with Crippen LogP contribution in [0.25, 0.3) is 0 Å². The second kappa shape index (κ2) is 7.28. The van der Waals surface area contributed by atoms with Crippen LogP contribution in [0.5, 0.6) is 0 Å². The van der Waals surface area contributed by atoms with Crippen molar-refractivity contribution in [2.45, 2.75) is 46.1 Å². The van der Waals surface area contributed by atoms with E-state index in [4.69, 9.17) is 0 Å². The highest BCUT2D eigenvalue weighted by molar-refractivity contribution is 5.47. The second-order valence-electron chi connectivity index (χ2n) is 5.45. The van der Waals surface area contributed by atoms with Crippen LogP contribution in [0.4, 0.5) is 11.6 Å². The maximum atomic E-state index is 4.41. The Morgan fingerprint density at radius 3 is 2.37 bits per heavy atom. The highest BCUT2D eigenvalue weighted by atomic mass is 15.1. The number of likely N-dealkylation sites (N-methyl/N-ethyl adjacent to an activating group) is 1. The molecule has 0 fully saturated rings. The van der Waals surface area contributed by atoms with Crippen molar-refractivity contribution in [1.29, 1.82) is 0 Å². The van der Waals surface area contributed by atoms with Gasteiger partial charge in [-0.05, 0) is 34.2 Å². The van der Waals surface area contributed by atoms with Crippen molar-refractivity contribution in [2.24, 2.45) is 0 Å². The third kappa shape index (κ3) is 5.87. The van der Waals surface area contributed by atoms with Crippen LogP contribution in [0.3, 0.4) is 0 Å². The number of aryl methyl sites for hydroxylation is 1. The molecule has 19 heavy (non-hydrogen) atoms. The topological polar surface area (TPSA) is 61.9 Å². The molecule has 0 saturated carbocycles. The van der Waals surface area contributed by atoms with Crippen LogP contribution >= 0.6 is 0 Å². The summed E-state index contributed by atoms with van der Waals surface area (Å²) in [5.41, 5.74) is 0.0364. The Morgan fingerprint density at radius 2 is 1.79 bits per heavy atom. The first-order valence-corrected chi connectivity index (χ1v) is 6.99. The van der Waals surface area contributed by atoms with Gasteiger partial charge in [0.1, 0.15) is 17.5 Å². The van der Waals surface area contributed by atoms with Crippen molar-refractivity contribution in [3.63, 3.8) is 0 Å². The molecule has 0 aliphatic carbocycles. The molecule has 1 heterocycles. The van der Waals surface area contributed by atoms with Gasteiger partial charge in [-0.3, -0.25) is 0 Å². The number of hydrogen-bond donors (Lipinski definition) is 3. The lowest BCUT2D eigenvalue weighted by molar-refractivity contribution is 0.447. The molecule has 5 heteroatoms. The molecule has 108 valence electrons. The summed E-state index contributed by atoms with van der Waals surface area (Å²) in [5.74, 6) is 2.55. The molecule has 0 unspecified atom stereocenters. The molecule has 0 aromatic carbocycles. The first-order valence-electron chi connectivity index (χ1n) is 6.99. The van der Waals surface area contributed by atoms with Gasteiger partial charge < -0.3 is 16.0 Å². The molecule has 0 saturated heterocycles. The molecular formula is C14H27N5. The van der Waals surface area contributed by atoms with Gasteiger partial charge in [0.2, 0.25) is 0 Å². The number of aromatic nitrogens is 2. The van der Waals surface area contributed by atoms with Gasteiger partial charge in [0.15, 0.2) is 0 Å². The molecule has 1 aromatic rings. The maximum Gasteiger partial charge on any atom is 0.131 e. The lowest BCUT2D eigenvalue weighted by Gasteiger charge is -2.24. The average Bonchev–Trinajstić information content (AvgIpc) is 2.36. The van der Waals surface area contributed by atoms with E-state index in [2.05, 4.69) is 46.7 Å². The maximum absolute atomic E-state index is 4.41. The van der Waals surface area contributed by atoms with Crippen LogP contribution in [0, 0.1) is 6.92 Å². The normalized spacial score (nSPS) is 11.4. The molecular weight excluding hydrogens is 238 g/mol. The summed E-state index contributed by atoms with van der Waals surface area (Å²) >= 11 is 0. The zero-order valence-electron chi connectivity index (χ0n) is 12.8. The van der Waals surface area contributed by atoms with Crippen LogP contribution in [-0.4, -0.2) is 35.6 Å². The highest BCUT2D eigenvalue weighted by Gasteiger charge is 2.14. The smallest absolute Gasteiger partial charge is 0.131 e. The summed E-state index contributed by atoms with van der Waals surface area (Å²) in [6, 6.07) is 1.97. The summed E-state index contributed by atoms with van der Waals surface area (Å²) in [6.07, 6.45) is 2.33. The van der Waals surface area contributed by atoms with Gasteiger partial charge in [-0.1, -0.05) is 13.3 Å². The average molecular weight is 265 g/mol. The van der Waals surface area contributed by atoms with Crippen molar-refractivity contribution < 1.29 is 0 Å². The first-order chi connectivity index (χ1) is 8.96. The van der Waals surface area contributed by atoms with Crippen LogP contribution < -0.4 is 16.0 Å². The monoisotopic (exact) mass is 265 g/mol. The summed E-state index contributed by atoms with van der Waals surface area (Å²) < 4.78 is 0. The molecule has 0 atom stereocenters. The number of anilines is 2. The molecule has 0 radical (unpaired) electrons. The third-order valence-corrected chi connectivity index (χ3v) is 3.06. The molecule has 5 nitrogen and oxygen atoms in total. The largest absolute Gasteiger partial charge is 0.370 e. The standard InChI is InChI=1S/C14H27N5/c1-6-7-8-16-12-9-13(19-11(2)18-12)17-10-14(3,4)15-5/h9,15H,6-8,10H2,1-5H3,(H2,16,17,18,19). The second-order valence-corrected chi connectivity index (χ2v) is 5.45. The minimum atomic E-state index is 0.0364. The van der Waals surface area contributed by atoms with Crippen LogP contribution in [0.2, 0.25) is 0 Å². The van der Waals surface area contributed by atoms with Gasteiger partial charge in [0, 0.05) is 24.7 Å². The van der Waals surface area contributed by atoms with E-state index in [1.807, 2.05) is 20.0 Å². The van der Waals surface area contributed by atoms with E-state index in [1.165, 1.54) is 6.42 Å². The van der Waals surface area contributed by atoms with Gasteiger partial charge in [-0.25, -0.2) is 9.97 Å². The number of nitrogens with zero attached hydrogens (tertiary/aromatic N) is 2. The quantitative estimate of drug-likeness (QED) is 0.630. The van der Waals surface area contributed by atoms with Crippen LogP contribution in [-0.2, 0) is 0 Å². The van der Waals surface area contributed by atoms with Crippen LogP contribution in [0.15, 0.2) is 6.07 Å². The Bertz CT molecular complexity index is 389. The van der Waals surface area contributed by atoms with Crippen molar-refractivity contribution in [1.82, 2.24) is 15.3 Å². The third-order valence-electron chi connectivity index (χ3n) is 3.06. The minimum Gasteiger partial charge on any atom is -0.370 e. The summed E-state index contributed by atoms with van der Waals surface area (Å²) in [6.45, 7) is 10.2. The van der Waals surface area contributed by atoms with Crippen molar-refractivity contribution >= 4 is 11.6 Å². The van der Waals surface area contributed by atoms with Crippen LogP contribution in [0.1, 0.15) is 39.4 Å². The number of unbranched alkanes of at least 4 members (excludes halogenated alkanes) is 1. The van der Waals surface area contributed by atoms with Crippen molar-refractivity contribution in [2.75, 3.05) is 30.8 Å². The molecule has 0 aliphatic heterocycles. The molecule has 0 aliphatic rings. The minimum absolute atomic E-state index is 0.0364. The SMILES string of the molecule is CCCCNc1cc(NCC(C)(C)NC)nc(C)n1. The zero-order chi connectivity index (χ0) is 14.3. The van der Waals surface area contributed by atoms with E-state index in [0.29, 0.717) is 0 Å². The van der Waals surface area contributed by atoms with Gasteiger partial charge in [0.25, 0.3) is 0 Å². The van der Waals surface area contributed by atoms with Gasteiger partial charge in [-0.2, -0.15) is 0 Å². The predicted molar refractivity (Wildman–Crippen MR) is 81.8 cm³/mol. The van der Waals surface area contributed by atoms with Gasteiger partial charge in [0.05, 0.1) is 0 Å². The molecule has 1 aromatic heterocycles. The lowest BCUT2D eigenvalue weighted by atomic mass is 10.1. The predicted octanol–water partition coefficient (Wildman–Crippen LogP) is 2.41. The van der Waals surface area contributed by atoms with E-state index in [0.717, 1.165) is 37.0 Å². The molecule has 0 spiro atoms. The summed E-state index contributed by atoms with van der Waals surface area (Å²) in [7, 11) is 1.96. The molecule has 1 rings (SSSR count). The Balaban J connectivity index is 2.63. The molecule has 0 bridgehead atoms. The zero-order valence-corrected chi connectivity index (χ0v) is 12.8. The highest BCUT2D eigenvalue weighted by Crippen LogP contribution is 2.12. The number of nitrogens with one attached hydrogen (secondary N) is 3. The Kier molecular flexibility index (Phi) is 6.02. The Morgan fingerprint density at radius 1 is 1.16 bits per heavy atom. The van der Waals surface area contributed by atoms with E-state index in [9.17, 15) is 0 Å². The van der Waals surface area contributed by atoms with Crippen molar-refractivity contribution in [3.05, 3.63) is 11.9 Å². The van der Waals surface area contributed by atoms with E-state index in [1.54, 1.807) is 0 Å². The first kappa shape index (κ1) is 15.7. The number of hydrogen-bond acceptors (Lipinski definition) is 5. The van der Waals surface area contributed by atoms with E-state index in [-0.39, 0.29) is 5.54 Å². The fourth-order valence-electron chi connectivity index (χ4n) is 1.54. The Hall–Kier alpha value is -1.36. The van der Waals surface area contributed by atoms with E-state index >= 15 is 0 Å². The van der Waals surface area contributed by atoms with Gasteiger partial charge in [-0.15, -0.1) is 0 Å². The summed E-state index contributed by atoms with van der Waals surface area (Å²) in [4.78, 5) is 8.80. The summed E-state index contributed by atoms with van der Waals surface area (Å²) in [5, 5.41) is 9.95. The molecule has 3 N–H and O–H groups in total. The van der Waals surface area contributed by atoms with E-state index < -0.39 is 0 Å². The number of rotatable bonds is 8. The fourth-order valence-corrected chi connectivity index (χ4v) is 1.54. The van der Waals surface area contributed by atoms with Gasteiger partial charge >= 0.3 is 0 Å². The molecule has 0 amide bonds.